The third kappa shape index (κ3) is 30.8. The maximum Gasteiger partial charge on any atom is 0.220 e. The Morgan fingerprint density at radius 3 is 1.22 bits per heavy atom. The van der Waals surface area contributed by atoms with Crippen LogP contribution in [-0.2, 0) is 33.2 Å². The molecule has 490 valence electrons. The molecule has 3 saturated heterocycles. The van der Waals surface area contributed by atoms with E-state index in [4.69, 9.17) is 28.4 Å². The maximum atomic E-state index is 13.4. The highest BCUT2D eigenvalue weighted by Crippen LogP contribution is 2.33. The lowest BCUT2D eigenvalue weighted by atomic mass is 9.96. The topological polar surface area (TPSA) is 307 Å². The van der Waals surface area contributed by atoms with Crippen LogP contribution in [0, 0.1) is 0 Å². The first kappa shape index (κ1) is 76.2. The van der Waals surface area contributed by atoms with Crippen LogP contribution in [0.15, 0.2) is 85.1 Å². The van der Waals surface area contributed by atoms with E-state index in [2.05, 4.69) is 98.2 Å². The van der Waals surface area contributed by atoms with Crippen LogP contribution in [0.1, 0.15) is 194 Å². The Morgan fingerprint density at radius 1 is 0.435 bits per heavy atom. The number of hydrogen-bond donors (Lipinski definition) is 12. The van der Waals surface area contributed by atoms with Crippen LogP contribution < -0.4 is 5.32 Å². The second-order valence-corrected chi connectivity index (χ2v) is 22.8. The molecule has 0 aliphatic carbocycles. The highest BCUT2D eigenvalue weighted by atomic mass is 16.8. The van der Waals surface area contributed by atoms with Gasteiger partial charge in [-0.2, -0.15) is 0 Å². The highest BCUT2D eigenvalue weighted by Gasteiger charge is 2.53. The number of unbranched alkanes of at least 4 members (excludes halogenated alkanes) is 17. The van der Waals surface area contributed by atoms with E-state index in [-0.39, 0.29) is 18.9 Å². The number of carbonyl (C=O) groups excluding carboxylic acids is 1. The van der Waals surface area contributed by atoms with Crippen LogP contribution in [-0.4, -0.2) is 193 Å². The average Bonchev–Trinajstić information content (AvgIpc) is 3.64. The molecule has 0 aromatic rings. The molecule has 17 atom stereocenters. The van der Waals surface area contributed by atoms with Crippen molar-refractivity contribution < 1.29 is 89.4 Å². The normalized spacial score (nSPS) is 29.5. The molecular weight excluding hydrogens is 1090 g/mol. The zero-order valence-electron chi connectivity index (χ0n) is 51.3. The number of carbonyl (C=O) groups is 1. The van der Waals surface area contributed by atoms with Crippen molar-refractivity contribution in [3.05, 3.63) is 85.1 Å². The third-order valence-corrected chi connectivity index (χ3v) is 15.7. The fourth-order valence-corrected chi connectivity index (χ4v) is 10.5. The Hall–Kier alpha value is -3.03. The highest BCUT2D eigenvalue weighted by molar-refractivity contribution is 5.76. The Kier molecular flexibility index (Phi) is 43.0. The Labute approximate surface area is 508 Å². The molecule has 3 aliphatic heterocycles. The van der Waals surface area contributed by atoms with Crippen LogP contribution in [0.4, 0.5) is 0 Å². The molecule has 0 saturated carbocycles. The lowest BCUT2D eigenvalue weighted by Crippen LogP contribution is -2.66. The second-order valence-electron chi connectivity index (χ2n) is 22.8. The quantitative estimate of drug-likeness (QED) is 0.0213. The Bertz CT molecular complexity index is 1880. The minimum Gasteiger partial charge on any atom is -0.394 e. The van der Waals surface area contributed by atoms with E-state index in [1.165, 1.54) is 83.5 Å². The van der Waals surface area contributed by atoms with Crippen molar-refractivity contribution in [1.29, 1.82) is 0 Å². The predicted molar refractivity (Wildman–Crippen MR) is 328 cm³/mol. The minimum absolute atomic E-state index is 0.182. The summed E-state index contributed by atoms with van der Waals surface area (Å²) in [4.78, 5) is 13.4. The maximum absolute atomic E-state index is 13.4. The Balaban J connectivity index is 1.49. The van der Waals surface area contributed by atoms with Crippen LogP contribution in [0.25, 0.3) is 0 Å². The summed E-state index contributed by atoms with van der Waals surface area (Å²) < 4.78 is 34.3. The summed E-state index contributed by atoms with van der Waals surface area (Å²) in [7, 11) is 0. The molecule has 12 N–H and O–H groups in total. The van der Waals surface area contributed by atoms with Crippen molar-refractivity contribution in [2.75, 3.05) is 26.4 Å². The fraction of sp³-hybridized carbons (Fsp3) is 0.773. The Morgan fingerprint density at radius 2 is 0.800 bits per heavy atom. The zero-order chi connectivity index (χ0) is 61.9. The first-order valence-corrected chi connectivity index (χ1v) is 32.3. The number of aliphatic hydroxyl groups is 11. The standard InChI is InChI=1S/C66H113NO18/c1-3-5-7-9-11-13-15-17-19-21-22-23-24-25-26-28-30-32-34-36-38-40-42-44-54(72)67-49(50(71)43-41-39-37-35-33-31-29-27-20-18-16-14-12-10-8-6-4-2)48-80-64-60(78)57(75)62(52(46-69)82-64)85-66-61(79)58(76)63(53(47-70)83-66)84-65-59(77)56(74)55(73)51(45-68)81-65/h5,7,11,13,17,19,22-23,25-26,30,32,36,38,49-53,55-66,68-71,73-79H,3-4,6,8-10,12,14-16,18,20-21,24,27-29,31,33-35,37,39-48H2,1-2H3,(H,67,72)/b7-5-,13-11-,19-17-,23-22-,26-25-,32-30-,38-36-. The van der Waals surface area contributed by atoms with Gasteiger partial charge in [0.1, 0.15) is 73.2 Å². The van der Waals surface area contributed by atoms with Crippen LogP contribution in [0.5, 0.6) is 0 Å². The summed E-state index contributed by atoms with van der Waals surface area (Å²) in [6, 6.07) is -0.924. The lowest BCUT2D eigenvalue weighted by Gasteiger charge is -2.48. The molecule has 3 heterocycles. The van der Waals surface area contributed by atoms with Gasteiger partial charge in [0.25, 0.3) is 0 Å². The van der Waals surface area contributed by atoms with Crippen LogP contribution >= 0.6 is 0 Å². The molecule has 85 heavy (non-hydrogen) atoms. The summed E-state index contributed by atoms with van der Waals surface area (Å²) >= 11 is 0. The summed E-state index contributed by atoms with van der Waals surface area (Å²) in [5.74, 6) is -0.303. The molecule has 3 fully saturated rings. The van der Waals surface area contributed by atoms with Crippen LogP contribution in [0.3, 0.4) is 0 Å². The summed E-state index contributed by atoms with van der Waals surface area (Å²) in [6.07, 6.45) is 32.3. The van der Waals surface area contributed by atoms with Gasteiger partial charge in [0, 0.05) is 6.42 Å². The number of amides is 1. The van der Waals surface area contributed by atoms with Crippen LogP contribution in [0.2, 0.25) is 0 Å². The van der Waals surface area contributed by atoms with Crippen molar-refractivity contribution in [3.63, 3.8) is 0 Å². The average molecular weight is 1210 g/mol. The van der Waals surface area contributed by atoms with Crippen molar-refractivity contribution in [2.24, 2.45) is 0 Å². The van der Waals surface area contributed by atoms with Gasteiger partial charge in [-0.15, -0.1) is 0 Å². The van der Waals surface area contributed by atoms with Gasteiger partial charge in [-0.05, 0) is 64.2 Å². The number of hydrogen-bond acceptors (Lipinski definition) is 18. The van der Waals surface area contributed by atoms with E-state index in [9.17, 15) is 61.0 Å². The molecule has 19 nitrogen and oxygen atoms in total. The number of nitrogens with one attached hydrogen (secondary N) is 1. The molecule has 0 spiro atoms. The molecule has 1 amide bonds. The zero-order valence-corrected chi connectivity index (χ0v) is 51.3. The molecule has 19 heteroatoms. The molecule has 3 aliphatic rings. The van der Waals surface area contributed by atoms with E-state index in [1.54, 1.807) is 0 Å². The van der Waals surface area contributed by atoms with E-state index < -0.39 is 124 Å². The van der Waals surface area contributed by atoms with Crippen molar-refractivity contribution in [3.8, 4) is 0 Å². The largest absolute Gasteiger partial charge is 0.394 e. The first-order chi connectivity index (χ1) is 41.3. The third-order valence-electron chi connectivity index (χ3n) is 15.7. The number of ether oxygens (including phenoxy) is 6. The van der Waals surface area contributed by atoms with Gasteiger partial charge in [-0.1, -0.05) is 208 Å². The minimum atomic E-state index is -1.98. The first-order valence-electron chi connectivity index (χ1n) is 32.3. The second kappa shape index (κ2) is 47.9. The predicted octanol–water partition coefficient (Wildman–Crippen LogP) is 7.15. The molecule has 0 aromatic heterocycles. The van der Waals surface area contributed by atoms with Gasteiger partial charge < -0.3 is 89.9 Å². The monoisotopic (exact) mass is 1210 g/mol. The summed E-state index contributed by atoms with van der Waals surface area (Å²) in [6.45, 7) is 1.63. The number of rotatable bonds is 47. The molecule has 17 unspecified atom stereocenters. The van der Waals surface area contributed by atoms with E-state index in [0.717, 1.165) is 64.2 Å². The molecule has 0 aromatic carbocycles. The van der Waals surface area contributed by atoms with Crippen molar-refractivity contribution >= 4 is 5.91 Å². The van der Waals surface area contributed by atoms with Gasteiger partial charge in [0.2, 0.25) is 5.91 Å². The van der Waals surface area contributed by atoms with Gasteiger partial charge in [0.05, 0.1) is 38.6 Å². The van der Waals surface area contributed by atoms with Crippen molar-refractivity contribution in [1.82, 2.24) is 5.32 Å². The van der Waals surface area contributed by atoms with Gasteiger partial charge >= 0.3 is 0 Å². The molecule has 0 radical (unpaired) electrons. The molecular formula is C66H113NO18. The van der Waals surface area contributed by atoms with E-state index in [0.29, 0.717) is 25.7 Å². The van der Waals surface area contributed by atoms with Gasteiger partial charge in [-0.25, -0.2) is 0 Å². The molecule has 3 rings (SSSR count). The number of allylic oxidation sites excluding steroid dienone is 14. The van der Waals surface area contributed by atoms with E-state index >= 15 is 0 Å². The van der Waals surface area contributed by atoms with Gasteiger partial charge in [0.15, 0.2) is 18.9 Å². The molecule has 0 bridgehead atoms. The number of aliphatic hydroxyl groups excluding tert-OH is 11. The summed E-state index contributed by atoms with van der Waals surface area (Å²) in [5, 5.41) is 120. The van der Waals surface area contributed by atoms with E-state index in [1.807, 2.05) is 6.08 Å². The van der Waals surface area contributed by atoms with Crippen molar-refractivity contribution in [2.45, 2.75) is 298 Å². The van der Waals surface area contributed by atoms with Gasteiger partial charge in [-0.3, -0.25) is 4.79 Å². The smallest absolute Gasteiger partial charge is 0.220 e. The SMILES string of the molecule is CC/C=C\C/C=C\C/C=C\C/C=C\C/C=C\C/C=C\C/C=C\CCCC(=O)NC(COC1OC(CO)C(OC2OC(CO)C(OC3OC(CO)C(O)C(O)C3O)C(O)C2O)C(O)C1O)C(O)CCCCCCCCCCCCCCCCCCC. The lowest BCUT2D eigenvalue weighted by molar-refractivity contribution is -0.379. The fourth-order valence-electron chi connectivity index (χ4n) is 10.5. The summed E-state index contributed by atoms with van der Waals surface area (Å²) in [5.41, 5.74) is 0.